The second-order valence-corrected chi connectivity index (χ2v) is 4.12. The van der Waals surface area contributed by atoms with Crippen molar-refractivity contribution in [3.63, 3.8) is 0 Å². The van der Waals surface area contributed by atoms with Gasteiger partial charge in [0.1, 0.15) is 18.0 Å². The maximum atomic E-state index is 8.72. The van der Waals surface area contributed by atoms with Gasteiger partial charge in [0, 0.05) is 25.8 Å². The lowest BCUT2D eigenvalue weighted by atomic mass is 10.2. The normalized spacial score (nSPS) is 10.5. The molecule has 1 aromatic rings. The molecule has 0 aliphatic heterocycles. The monoisotopic (exact) mass is 238 g/mol. The van der Waals surface area contributed by atoms with E-state index in [1.165, 1.54) is 6.33 Å². The Morgan fingerprint density at radius 3 is 2.71 bits per heavy atom. The molecule has 5 heteroatoms. The molecule has 0 aromatic carbocycles. The van der Waals surface area contributed by atoms with E-state index in [1.807, 2.05) is 7.05 Å². The van der Waals surface area contributed by atoms with Gasteiger partial charge in [-0.1, -0.05) is 6.92 Å². The predicted octanol–water partition coefficient (Wildman–Crippen LogP) is 1.22. The van der Waals surface area contributed by atoms with E-state index in [2.05, 4.69) is 21.8 Å². The molecule has 5 nitrogen and oxygen atoms in total. The number of aliphatic hydroxyl groups is 1. The van der Waals surface area contributed by atoms with Crippen LogP contribution in [0.4, 0.5) is 11.6 Å². The Labute approximate surface area is 103 Å². The van der Waals surface area contributed by atoms with Crippen LogP contribution in [0.1, 0.15) is 31.7 Å². The molecule has 1 heterocycles. The molecule has 0 radical (unpaired) electrons. The van der Waals surface area contributed by atoms with Crippen molar-refractivity contribution >= 4 is 11.6 Å². The van der Waals surface area contributed by atoms with E-state index in [-0.39, 0.29) is 6.61 Å². The fourth-order valence-corrected chi connectivity index (χ4v) is 1.83. The van der Waals surface area contributed by atoms with Crippen LogP contribution in [0.2, 0.25) is 0 Å². The van der Waals surface area contributed by atoms with Crippen molar-refractivity contribution in [3.05, 3.63) is 11.9 Å². The van der Waals surface area contributed by atoms with E-state index >= 15 is 0 Å². The molecule has 0 saturated carbocycles. The van der Waals surface area contributed by atoms with Gasteiger partial charge in [0.05, 0.1) is 0 Å². The van der Waals surface area contributed by atoms with E-state index < -0.39 is 0 Å². The summed E-state index contributed by atoms with van der Waals surface area (Å²) in [6, 6.07) is 0. The largest absolute Gasteiger partial charge is 0.396 e. The number of nitrogens with zero attached hydrogens (tertiary/aromatic N) is 3. The molecule has 0 spiro atoms. The zero-order valence-electron chi connectivity index (χ0n) is 10.7. The third-order valence-electron chi connectivity index (χ3n) is 2.82. The van der Waals surface area contributed by atoms with Crippen molar-refractivity contribution in [2.45, 2.75) is 32.6 Å². The average molecular weight is 238 g/mol. The van der Waals surface area contributed by atoms with Crippen molar-refractivity contribution < 1.29 is 5.11 Å². The molecule has 0 fully saturated rings. The third kappa shape index (κ3) is 3.85. The van der Waals surface area contributed by atoms with Crippen LogP contribution < -0.4 is 10.6 Å². The highest BCUT2D eigenvalue weighted by molar-refractivity contribution is 5.56. The molecule has 3 N–H and O–H groups in total. The Balaban J connectivity index is 2.61. The quantitative estimate of drug-likeness (QED) is 0.699. The topological polar surface area (TPSA) is 75.3 Å². The summed E-state index contributed by atoms with van der Waals surface area (Å²) in [5.41, 5.74) is 6.85. The third-order valence-corrected chi connectivity index (χ3v) is 2.82. The molecule has 0 saturated heterocycles. The number of hydrogen-bond acceptors (Lipinski definition) is 5. The van der Waals surface area contributed by atoms with Gasteiger partial charge in [0.2, 0.25) is 0 Å². The summed E-state index contributed by atoms with van der Waals surface area (Å²) in [7, 11) is 2.01. The highest BCUT2D eigenvalue weighted by Crippen LogP contribution is 2.21. The molecular formula is C12H22N4O. The van der Waals surface area contributed by atoms with Crippen molar-refractivity contribution in [3.8, 4) is 0 Å². The van der Waals surface area contributed by atoms with Gasteiger partial charge in [-0.3, -0.25) is 0 Å². The molecule has 0 aliphatic rings. The molecule has 0 unspecified atom stereocenters. The summed E-state index contributed by atoms with van der Waals surface area (Å²) in [4.78, 5) is 10.4. The van der Waals surface area contributed by atoms with Gasteiger partial charge in [-0.2, -0.15) is 0 Å². The lowest BCUT2D eigenvalue weighted by molar-refractivity contribution is 0.283. The van der Waals surface area contributed by atoms with Crippen LogP contribution in [0.15, 0.2) is 6.33 Å². The van der Waals surface area contributed by atoms with Crippen LogP contribution >= 0.6 is 0 Å². The van der Waals surface area contributed by atoms with Crippen LogP contribution in [0.25, 0.3) is 0 Å². The van der Waals surface area contributed by atoms with E-state index in [4.69, 9.17) is 10.8 Å². The fourth-order valence-electron chi connectivity index (χ4n) is 1.83. The van der Waals surface area contributed by atoms with Crippen LogP contribution in [0.5, 0.6) is 0 Å². The minimum absolute atomic E-state index is 0.268. The summed E-state index contributed by atoms with van der Waals surface area (Å²) < 4.78 is 0. The molecule has 0 bridgehead atoms. The van der Waals surface area contributed by atoms with Gasteiger partial charge in [0.15, 0.2) is 0 Å². The molecule has 96 valence electrons. The van der Waals surface area contributed by atoms with Gasteiger partial charge < -0.3 is 15.7 Å². The summed E-state index contributed by atoms with van der Waals surface area (Å²) in [5.74, 6) is 1.49. The zero-order chi connectivity index (χ0) is 12.7. The maximum Gasteiger partial charge on any atom is 0.137 e. The summed E-state index contributed by atoms with van der Waals surface area (Å²) >= 11 is 0. The number of nitrogens with two attached hydrogens (primary N) is 1. The standard InChI is InChI=1S/C12H22N4O/c1-3-10-11(13)14-9-15-12(10)16(2)7-5-4-6-8-17/h9,17H,3-8H2,1-2H3,(H2,13,14,15). The summed E-state index contributed by atoms with van der Waals surface area (Å²) in [5, 5.41) is 8.72. The minimum atomic E-state index is 0.268. The Morgan fingerprint density at radius 1 is 1.29 bits per heavy atom. The number of anilines is 2. The van der Waals surface area contributed by atoms with Crippen LogP contribution in [0, 0.1) is 0 Å². The highest BCUT2D eigenvalue weighted by atomic mass is 16.2. The number of hydrogen-bond donors (Lipinski definition) is 2. The number of unbranched alkanes of at least 4 members (excludes halogenated alkanes) is 2. The van der Waals surface area contributed by atoms with E-state index in [1.54, 1.807) is 0 Å². The first-order chi connectivity index (χ1) is 8.20. The van der Waals surface area contributed by atoms with E-state index in [0.29, 0.717) is 5.82 Å². The number of aliphatic hydroxyl groups excluding tert-OH is 1. The van der Waals surface area contributed by atoms with Crippen molar-refractivity contribution in [1.82, 2.24) is 9.97 Å². The highest BCUT2D eigenvalue weighted by Gasteiger charge is 2.10. The molecule has 17 heavy (non-hydrogen) atoms. The SMILES string of the molecule is CCc1c(N)ncnc1N(C)CCCCCO. The Hall–Kier alpha value is -1.36. The maximum absolute atomic E-state index is 8.72. The Bertz CT molecular complexity index is 343. The lowest BCUT2D eigenvalue weighted by Gasteiger charge is -2.21. The second-order valence-electron chi connectivity index (χ2n) is 4.12. The predicted molar refractivity (Wildman–Crippen MR) is 70.0 cm³/mol. The average Bonchev–Trinajstić information content (AvgIpc) is 2.34. The molecule has 1 rings (SSSR count). The Morgan fingerprint density at radius 2 is 2.06 bits per heavy atom. The molecular weight excluding hydrogens is 216 g/mol. The van der Waals surface area contributed by atoms with Crippen molar-refractivity contribution in [2.75, 3.05) is 30.8 Å². The number of rotatable bonds is 7. The molecule has 0 atom stereocenters. The fraction of sp³-hybridized carbons (Fsp3) is 0.667. The van der Waals surface area contributed by atoms with E-state index in [0.717, 1.165) is 43.6 Å². The summed E-state index contributed by atoms with van der Waals surface area (Å²) in [6.45, 7) is 3.24. The van der Waals surface area contributed by atoms with Crippen LogP contribution in [0.3, 0.4) is 0 Å². The van der Waals surface area contributed by atoms with Crippen LogP contribution in [-0.4, -0.2) is 35.3 Å². The van der Waals surface area contributed by atoms with Gasteiger partial charge in [0.25, 0.3) is 0 Å². The van der Waals surface area contributed by atoms with Crippen molar-refractivity contribution in [1.29, 1.82) is 0 Å². The lowest BCUT2D eigenvalue weighted by Crippen LogP contribution is -2.22. The smallest absolute Gasteiger partial charge is 0.137 e. The zero-order valence-corrected chi connectivity index (χ0v) is 10.7. The Kier molecular flexibility index (Phi) is 5.69. The number of nitrogen functional groups attached to an aromatic ring is 1. The minimum Gasteiger partial charge on any atom is -0.396 e. The first kappa shape index (κ1) is 13.7. The second kappa shape index (κ2) is 7.06. The van der Waals surface area contributed by atoms with Gasteiger partial charge in [-0.25, -0.2) is 9.97 Å². The molecule has 1 aromatic heterocycles. The van der Waals surface area contributed by atoms with Crippen LogP contribution in [-0.2, 0) is 6.42 Å². The number of aromatic nitrogens is 2. The van der Waals surface area contributed by atoms with Gasteiger partial charge >= 0.3 is 0 Å². The first-order valence-electron chi connectivity index (χ1n) is 6.12. The molecule has 0 aliphatic carbocycles. The van der Waals surface area contributed by atoms with Gasteiger partial charge in [-0.15, -0.1) is 0 Å². The first-order valence-corrected chi connectivity index (χ1v) is 6.12. The van der Waals surface area contributed by atoms with Crippen molar-refractivity contribution in [2.24, 2.45) is 0 Å². The van der Waals surface area contributed by atoms with E-state index in [9.17, 15) is 0 Å². The summed E-state index contributed by atoms with van der Waals surface area (Å²) in [6.07, 6.45) is 5.28. The van der Waals surface area contributed by atoms with Gasteiger partial charge in [-0.05, 0) is 25.7 Å². The molecule has 0 amide bonds.